The molecule has 1 atom stereocenters. The number of rotatable bonds is 13. The predicted molar refractivity (Wildman–Crippen MR) is 172 cm³/mol. The first-order valence-corrected chi connectivity index (χ1v) is 14.4. The number of benzene rings is 5. The van der Waals surface area contributed by atoms with Crippen molar-refractivity contribution >= 4 is 29.2 Å². The Bertz CT molecular complexity index is 1650. The summed E-state index contributed by atoms with van der Waals surface area (Å²) in [6, 6.07) is 40.5. The lowest BCUT2D eigenvalue weighted by molar-refractivity contribution is -0.139. The zero-order valence-electron chi connectivity index (χ0n) is 24.4. The number of hydrogen-bond acceptors (Lipinski definition) is 5. The van der Waals surface area contributed by atoms with Crippen molar-refractivity contribution in [3.05, 3.63) is 156 Å². The van der Waals surface area contributed by atoms with E-state index in [9.17, 15) is 19.5 Å². The molecule has 0 bridgehead atoms. The van der Waals surface area contributed by atoms with Crippen LogP contribution in [0.15, 0.2) is 140 Å². The van der Waals surface area contributed by atoms with Crippen molar-refractivity contribution in [2.75, 3.05) is 11.5 Å². The van der Waals surface area contributed by atoms with Crippen molar-refractivity contribution in [2.24, 2.45) is 0 Å². The molecule has 226 valence electrons. The average molecular weight is 601 g/mol. The third-order valence-corrected chi connectivity index (χ3v) is 6.97. The number of aliphatic carboxylic acids is 1. The highest BCUT2D eigenvalue weighted by Crippen LogP contribution is 2.25. The summed E-state index contributed by atoms with van der Waals surface area (Å²) in [4.78, 5) is 39.7. The van der Waals surface area contributed by atoms with Crippen LogP contribution in [-0.4, -0.2) is 35.5 Å². The van der Waals surface area contributed by atoms with Crippen molar-refractivity contribution in [2.45, 2.75) is 19.1 Å². The minimum absolute atomic E-state index is 0.0999. The number of carboxylic acids is 1. The van der Waals surface area contributed by atoms with Crippen molar-refractivity contribution in [3.63, 3.8) is 0 Å². The fourth-order valence-corrected chi connectivity index (χ4v) is 4.64. The molecule has 2 amide bonds. The van der Waals surface area contributed by atoms with Gasteiger partial charge in [-0.25, -0.2) is 4.79 Å². The lowest BCUT2D eigenvalue weighted by atomic mass is 10.1. The van der Waals surface area contributed by atoms with E-state index < -0.39 is 17.9 Å². The highest BCUT2D eigenvalue weighted by atomic mass is 16.5. The Balaban J connectivity index is 1.15. The smallest absolute Gasteiger partial charge is 0.326 e. The fourth-order valence-electron chi connectivity index (χ4n) is 4.64. The van der Waals surface area contributed by atoms with E-state index in [0.29, 0.717) is 29.5 Å². The number of amides is 2. The average Bonchev–Trinajstić information content (AvgIpc) is 3.08. The molecule has 5 aromatic rings. The lowest BCUT2D eigenvalue weighted by Crippen LogP contribution is -2.42. The molecule has 0 aliphatic rings. The molecule has 0 radical (unpaired) electrons. The Morgan fingerprint density at radius 3 is 1.69 bits per heavy atom. The molecular formula is C37H32N2O6. The van der Waals surface area contributed by atoms with Crippen LogP contribution in [0.2, 0.25) is 0 Å². The number of ether oxygens (including phenoxy) is 2. The maximum atomic E-state index is 13.2. The molecule has 1 unspecified atom stereocenters. The van der Waals surface area contributed by atoms with Crippen LogP contribution in [0, 0.1) is 0 Å². The normalized spacial score (nSPS) is 11.2. The number of carboxylic acid groups (broad SMARTS) is 1. The van der Waals surface area contributed by atoms with Gasteiger partial charge in [0.1, 0.15) is 24.1 Å². The number of anilines is 2. The highest BCUT2D eigenvalue weighted by Gasteiger charge is 2.22. The van der Waals surface area contributed by atoms with Crippen molar-refractivity contribution in [1.82, 2.24) is 5.32 Å². The van der Waals surface area contributed by atoms with Crippen LogP contribution in [0.5, 0.6) is 11.5 Å². The monoisotopic (exact) mass is 600 g/mol. The second-order valence-corrected chi connectivity index (χ2v) is 10.2. The van der Waals surface area contributed by atoms with Gasteiger partial charge in [0, 0.05) is 23.4 Å². The lowest BCUT2D eigenvalue weighted by Gasteiger charge is -2.23. The largest absolute Gasteiger partial charge is 0.489 e. The van der Waals surface area contributed by atoms with Crippen LogP contribution in [0.1, 0.15) is 21.5 Å². The minimum Gasteiger partial charge on any atom is -0.489 e. The van der Waals surface area contributed by atoms with Gasteiger partial charge in [0.05, 0.1) is 0 Å². The molecule has 5 aromatic carbocycles. The van der Waals surface area contributed by atoms with Crippen LogP contribution in [0.3, 0.4) is 0 Å². The van der Waals surface area contributed by atoms with E-state index in [0.717, 1.165) is 11.1 Å². The van der Waals surface area contributed by atoms with Crippen LogP contribution in [0.25, 0.3) is 0 Å². The molecule has 0 fully saturated rings. The van der Waals surface area contributed by atoms with Gasteiger partial charge >= 0.3 is 5.97 Å². The molecule has 45 heavy (non-hydrogen) atoms. The highest BCUT2D eigenvalue weighted by molar-refractivity contribution is 6.01. The Labute approximate surface area is 261 Å². The quantitative estimate of drug-likeness (QED) is 0.161. The van der Waals surface area contributed by atoms with Crippen LogP contribution in [0.4, 0.5) is 11.4 Å². The van der Waals surface area contributed by atoms with Gasteiger partial charge < -0.3 is 19.9 Å². The fraction of sp³-hybridized carbons (Fsp3) is 0.108. The van der Waals surface area contributed by atoms with Crippen molar-refractivity contribution in [1.29, 1.82) is 0 Å². The molecule has 5 rings (SSSR count). The van der Waals surface area contributed by atoms with Crippen LogP contribution >= 0.6 is 0 Å². The van der Waals surface area contributed by atoms with Crippen LogP contribution in [-0.2, 0) is 22.6 Å². The summed E-state index contributed by atoms with van der Waals surface area (Å²) in [5.74, 6) is -0.894. The van der Waals surface area contributed by atoms with Gasteiger partial charge in [0.25, 0.3) is 11.8 Å². The van der Waals surface area contributed by atoms with E-state index in [1.165, 1.54) is 12.1 Å². The molecular weight excluding hydrogens is 568 g/mol. The van der Waals surface area contributed by atoms with E-state index in [1.54, 1.807) is 41.3 Å². The maximum Gasteiger partial charge on any atom is 0.326 e. The molecule has 0 aliphatic heterocycles. The Kier molecular flexibility index (Phi) is 10.2. The van der Waals surface area contributed by atoms with Gasteiger partial charge in [-0.2, -0.15) is 0 Å². The zero-order chi connectivity index (χ0) is 31.4. The topological polar surface area (TPSA) is 105 Å². The van der Waals surface area contributed by atoms with E-state index in [4.69, 9.17) is 9.47 Å². The number of carbonyl (C=O) groups is 3. The third-order valence-electron chi connectivity index (χ3n) is 6.97. The van der Waals surface area contributed by atoms with Gasteiger partial charge in [-0.05, 0) is 71.8 Å². The first-order valence-electron chi connectivity index (χ1n) is 14.4. The second-order valence-electron chi connectivity index (χ2n) is 10.2. The summed E-state index contributed by atoms with van der Waals surface area (Å²) in [7, 11) is 0. The van der Waals surface area contributed by atoms with E-state index in [-0.39, 0.29) is 24.5 Å². The van der Waals surface area contributed by atoms with Crippen LogP contribution < -0.4 is 19.7 Å². The summed E-state index contributed by atoms with van der Waals surface area (Å²) >= 11 is 0. The molecule has 0 heterocycles. The Hall–Kier alpha value is -5.89. The van der Waals surface area contributed by atoms with Gasteiger partial charge in [-0.3, -0.25) is 14.5 Å². The molecule has 0 saturated heterocycles. The molecule has 8 heteroatoms. The molecule has 0 saturated carbocycles. The van der Waals surface area contributed by atoms with Gasteiger partial charge in [0.15, 0.2) is 6.61 Å². The summed E-state index contributed by atoms with van der Waals surface area (Å²) in [5.41, 5.74) is 3.47. The summed E-state index contributed by atoms with van der Waals surface area (Å²) in [6.07, 6.45) is 0.0999. The first kappa shape index (κ1) is 30.6. The third kappa shape index (κ3) is 8.58. The SMILES string of the molecule is O=C(NC(Cc1ccc(OCc2ccccc2)cc1)C(=O)O)c1ccc(OCC(=O)N(c2ccccc2)c2ccccc2)cc1. The standard InChI is InChI=1S/C37H32N2O6/c40-35(39(30-12-6-2-7-13-30)31-14-8-3-9-15-31)26-45-33-22-18-29(19-23-33)36(41)38-34(37(42)43)24-27-16-20-32(21-17-27)44-25-28-10-4-1-5-11-28/h1-23,34H,24-26H2,(H,38,41)(H,42,43). The number of hydrogen-bond donors (Lipinski definition) is 2. The molecule has 2 N–H and O–H groups in total. The summed E-state index contributed by atoms with van der Waals surface area (Å²) in [6.45, 7) is 0.195. The Morgan fingerprint density at radius 2 is 1.13 bits per heavy atom. The summed E-state index contributed by atoms with van der Waals surface area (Å²) in [5, 5.41) is 12.4. The number of carbonyl (C=O) groups excluding carboxylic acids is 2. The molecule has 0 aliphatic carbocycles. The van der Waals surface area contributed by atoms with Gasteiger partial charge in [0.2, 0.25) is 0 Å². The summed E-state index contributed by atoms with van der Waals surface area (Å²) < 4.78 is 11.5. The zero-order valence-corrected chi connectivity index (χ0v) is 24.4. The predicted octanol–water partition coefficient (Wildman–Crippen LogP) is 6.44. The molecule has 8 nitrogen and oxygen atoms in total. The molecule has 0 aromatic heterocycles. The first-order chi connectivity index (χ1) is 22.0. The van der Waals surface area contributed by atoms with Gasteiger partial charge in [-0.15, -0.1) is 0 Å². The maximum absolute atomic E-state index is 13.2. The number of nitrogens with one attached hydrogen (secondary N) is 1. The van der Waals surface area contributed by atoms with E-state index in [1.807, 2.05) is 91.0 Å². The van der Waals surface area contributed by atoms with Crippen molar-refractivity contribution < 1.29 is 29.0 Å². The minimum atomic E-state index is -1.15. The molecule has 0 spiro atoms. The second kappa shape index (κ2) is 15.0. The van der Waals surface area contributed by atoms with E-state index in [2.05, 4.69) is 5.32 Å². The number of nitrogens with zero attached hydrogens (tertiary/aromatic N) is 1. The van der Waals surface area contributed by atoms with E-state index >= 15 is 0 Å². The number of para-hydroxylation sites is 2. The Morgan fingerprint density at radius 1 is 0.622 bits per heavy atom. The van der Waals surface area contributed by atoms with Crippen molar-refractivity contribution in [3.8, 4) is 11.5 Å². The van der Waals surface area contributed by atoms with Gasteiger partial charge in [-0.1, -0.05) is 78.9 Å².